The summed E-state index contributed by atoms with van der Waals surface area (Å²) in [5.74, 6) is 0. The van der Waals surface area contributed by atoms with Crippen molar-refractivity contribution < 1.29 is 4.79 Å². The van der Waals surface area contributed by atoms with E-state index < -0.39 is 0 Å². The first-order valence-corrected chi connectivity index (χ1v) is 3.57. The van der Waals surface area contributed by atoms with Crippen molar-refractivity contribution in [3.63, 3.8) is 0 Å². The van der Waals surface area contributed by atoms with Gasteiger partial charge in [0, 0.05) is 12.4 Å². The van der Waals surface area contributed by atoms with E-state index in [1.807, 2.05) is 0 Å². The first kappa shape index (κ1) is 6.97. The van der Waals surface area contributed by atoms with Crippen LogP contribution in [0.3, 0.4) is 0 Å². The van der Waals surface area contributed by atoms with Crippen LogP contribution in [-0.4, -0.2) is 20.9 Å². The van der Waals surface area contributed by atoms with E-state index in [0.29, 0.717) is 5.56 Å². The van der Waals surface area contributed by atoms with E-state index in [4.69, 9.17) is 0 Å². The number of hydrogen-bond donors (Lipinski definition) is 0. The number of nitrogens with zero attached hydrogens (tertiary/aromatic N) is 3. The molecule has 0 atom stereocenters. The zero-order chi connectivity index (χ0) is 8.55. The SMILES string of the molecule is Cc1nn2ccncc2c1C=O. The van der Waals surface area contributed by atoms with Gasteiger partial charge in [0.1, 0.15) is 0 Å². The Kier molecular flexibility index (Phi) is 1.40. The monoisotopic (exact) mass is 161 g/mol. The molecule has 2 aromatic rings. The van der Waals surface area contributed by atoms with Gasteiger partial charge in [0.15, 0.2) is 6.29 Å². The van der Waals surface area contributed by atoms with Crippen LogP contribution in [0.15, 0.2) is 18.6 Å². The Labute approximate surface area is 68.8 Å². The van der Waals surface area contributed by atoms with Crippen LogP contribution in [0.25, 0.3) is 5.52 Å². The van der Waals surface area contributed by atoms with Gasteiger partial charge in [-0.1, -0.05) is 0 Å². The van der Waals surface area contributed by atoms with Gasteiger partial charge in [-0.3, -0.25) is 9.78 Å². The third-order valence-corrected chi connectivity index (χ3v) is 1.78. The van der Waals surface area contributed by atoms with E-state index in [1.165, 1.54) is 0 Å². The quantitative estimate of drug-likeness (QED) is 0.582. The Morgan fingerprint density at radius 3 is 3.17 bits per heavy atom. The Morgan fingerprint density at radius 1 is 1.58 bits per heavy atom. The van der Waals surface area contributed by atoms with Crippen molar-refractivity contribution in [3.05, 3.63) is 29.8 Å². The van der Waals surface area contributed by atoms with E-state index >= 15 is 0 Å². The molecule has 2 heterocycles. The highest BCUT2D eigenvalue weighted by atomic mass is 16.1. The molecule has 0 radical (unpaired) electrons. The van der Waals surface area contributed by atoms with Crippen LogP contribution in [0.5, 0.6) is 0 Å². The lowest BCUT2D eigenvalue weighted by Crippen LogP contribution is -1.86. The summed E-state index contributed by atoms with van der Waals surface area (Å²) in [7, 11) is 0. The van der Waals surface area contributed by atoms with Crippen LogP contribution in [-0.2, 0) is 0 Å². The van der Waals surface area contributed by atoms with Gasteiger partial charge in [-0.05, 0) is 6.92 Å². The van der Waals surface area contributed by atoms with Crippen LogP contribution in [0.4, 0.5) is 0 Å². The first-order valence-electron chi connectivity index (χ1n) is 3.57. The number of carbonyl (C=O) groups is 1. The second-order valence-corrected chi connectivity index (χ2v) is 2.52. The van der Waals surface area contributed by atoms with Gasteiger partial charge in [-0.25, -0.2) is 4.52 Å². The summed E-state index contributed by atoms with van der Waals surface area (Å²) in [5.41, 5.74) is 2.10. The summed E-state index contributed by atoms with van der Waals surface area (Å²) >= 11 is 0. The molecule has 60 valence electrons. The third-order valence-electron chi connectivity index (χ3n) is 1.78. The number of rotatable bonds is 1. The molecular weight excluding hydrogens is 154 g/mol. The van der Waals surface area contributed by atoms with E-state index in [2.05, 4.69) is 10.1 Å². The van der Waals surface area contributed by atoms with E-state index in [-0.39, 0.29) is 0 Å². The Hall–Kier alpha value is -1.71. The molecule has 2 rings (SSSR count). The fourth-order valence-electron chi connectivity index (χ4n) is 1.18. The summed E-state index contributed by atoms with van der Waals surface area (Å²) in [4.78, 5) is 14.5. The lowest BCUT2D eigenvalue weighted by atomic mass is 10.2. The van der Waals surface area contributed by atoms with Gasteiger partial charge in [-0.15, -0.1) is 0 Å². The summed E-state index contributed by atoms with van der Waals surface area (Å²) in [6.45, 7) is 1.80. The summed E-state index contributed by atoms with van der Waals surface area (Å²) in [5, 5.41) is 4.13. The molecule has 0 unspecified atom stereocenters. The molecule has 0 aliphatic heterocycles. The third kappa shape index (κ3) is 0.812. The van der Waals surface area contributed by atoms with Crippen molar-refractivity contribution in [2.75, 3.05) is 0 Å². The van der Waals surface area contributed by atoms with Crippen LogP contribution in [0.1, 0.15) is 16.1 Å². The maximum atomic E-state index is 10.6. The van der Waals surface area contributed by atoms with Gasteiger partial charge < -0.3 is 0 Å². The molecule has 0 N–H and O–H groups in total. The van der Waals surface area contributed by atoms with Crippen molar-refractivity contribution >= 4 is 11.8 Å². The Bertz CT molecular complexity index is 433. The molecule has 0 spiro atoms. The summed E-state index contributed by atoms with van der Waals surface area (Å²) in [6.07, 6.45) is 5.78. The van der Waals surface area contributed by atoms with Crippen LogP contribution in [0.2, 0.25) is 0 Å². The van der Waals surface area contributed by atoms with E-state index in [1.54, 1.807) is 30.0 Å². The standard InChI is InChI=1S/C8H7N3O/c1-6-7(5-12)8-4-9-2-3-11(8)10-6/h2-5H,1H3. The fraction of sp³-hybridized carbons (Fsp3) is 0.125. The number of aromatic nitrogens is 3. The maximum absolute atomic E-state index is 10.6. The highest BCUT2D eigenvalue weighted by Gasteiger charge is 2.06. The molecule has 0 saturated heterocycles. The molecule has 4 heteroatoms. The maximum Gasteiger partial charge on any atom is 0.154 e. The zero-order valence-electron chi connectivity index (χ0n) is 6.56. The number of hydrogen-bond acceptors (Lipinski definition) is 3. The zero-order valence-corrected chi connectivity index (χ0v) is 6.56. The second kappa shape index (κ2) is 2.41. The molecule has 0 saturated carbocycles. The highest BCUT2D eigenvalue weighted by Crippen LogP contribution is 2.10. The Morgan fingerprint density at radius 2 is 2.42 bits per heavy atom. The average Bonchev–Trinajstić information content (AvgIpc) is 2.40. The predicted molar refractivity (Wildman–Crippen MR) is 43.1 cm³/mol. The molecule has 2 aromatic heterocycles. The predicted octanol–water partition coefficient (Wildman–Crippen LogP) is 0.850. The van der Waals surface area contributed by atoms with E-state index in [0.717, 1.165) is 17.5 Å². The van der Waals surface area contributed by atoms with Crippen LogP contribution >= 0.6 is 0 Å². The van der Waals surface area contributed by atoms with Gasteiger partial charge >= 0.3 is 0 Å². The number of aldehydes is 1. The molecule has 0 bridgehead atoms. The normalized spacial score (nSPS) is 10.4. The minimum Gasteiger partial charge on any atom is -0.298 e. The van der Waals surface area contributed by atoms with Crippen LogP contribution < -0.4 is 0 Å². The molecular formula is C8H7N3O. The average molecular weight is 161 g/mol. The Balaban J connectivity index is 2.90. The molecule has 0 fully saturated rings. The van der Waals surface area contributed by atoms with Gasteiger partial charge in [0.05, 0.1) is 23.0 Å². The van der Waals surface area contributed by atoms with Gasteiger partial charge in [-0.2, -0.15) is 5.10 Å². The second-order valence-electron chi connectivity index (χ2n) is 2.52. The lowest BCUT2D eigenvalue weighted by Gasteiger charge is -1.88. The van der Waals surface area contributed by atoms with Crippen molar-refractivity contribution in [1.82, 2.24) is 14.6 Å². The molecule has 0 aromatic carbocycles. The van der Waals surface area contributed by atoms with Crippen molar-refractivity contribution in [2.45, 2.75) is 6.92 Å². The smallest absolute Gasteiger partial charge is 0.154 e. The van der Waals surface area contributed by atoms with Gasteiger partial charge in [0.2, 0.25) is 0 Å². The molecule has 0 amide bonds. The van der Waals surface area contributed by atoms with Crippen molar-refractivity contribution in [1.29, 1.82) is 0 Å². The van der Waals surface area contributed by atoms with Crippen molar-refractivity contribution in [2.24, 2.45) is 0 Å². The minimum absolute atomic E-state index is 0.614. The molecule has 4 nitrogen and oxygen atoms in total. The number of fused-ring (bicyclic) bond motifs is 1. The van der Waals surface area contributed by atoms with Gasteiger partial charge in [0.25, 0.3) is 0 Å². The highest BCUT2D eigenvalue weighted by molar-refractivity contribution is 5.87. The van der Waals surface area contributed by atoms with E-state index in [9.17, 15) is 4.79 Å². The molecule has 12 heavy (non-hydrogen) atoms. The fourth-order valence-corrected chi connectivity index (χ4v) is 1.18. The topological polar surface area (TPSA) is 47.3 Å². The molecule has 0 aliphatic carbocycles. The largest absolute Gasteiger partial charge is 0.298 e. The minimum atomic E-state index is 0.614. The number of aryl methyl sites for hydroxylation is 1. The first-order chi connectivity index (χ1) is 5.83. The lowest BCUT2D eigenvalue weighted by molar-refractivity contribution is 0.112. The van der Waals surface area contributed by atoms with Crippen molar-refractivity contribution in [3.8, 4) is 0 Å². The number of carbonyl (C=O) groups excluding carboxylic acids is 1. The summed E-state index contributed by atoms with van der Waals surface area (Å²) < 4.78 is 1.64. The van der Waals surface area contributed by atoms with Crippen LogP contribution in [0, 0.1) is 6.92 Å². The molecule has 0 aliphatic rings. The summed E-state index contributed by atoms with van der Waals surface area (Å²) in [6, 6.07) is 0.